The van der Waals surface area contributed by atoms with Crippen molar-refractivity contribution in [3.05, 3.63) is 59.9 Å². The van der Waals surface area contributed by atoms with Gasteiger partial charge in [-0.3, -0.25) is 10.4 Å². The molecule has 0 radical (unpaired) electrons. The molecule has 1 unspecified atom stereocenters. The van der Waals surface area contributed by atoms with Crippen molar-refractivity contribution in [2.45, 2.75) is 18.9 Å². The first-order valence-corrected chi connectivity index (χ1v) is 9.02. The second kappa shape index (κ2) is 9.75. The third kappa shape index (κ3) is 6.12. The molecule has 2 N–H and O–H groups in total. The number of hydrogen-bond acceptors (Lipinski definition) is 6. The molecule has 0 bridgehead atoms. The maximum Gasteiger partial charge on any atom is 0.345 e. The van der Waals surface area contributed by atoms with Gasteiger partial charge in [-0.05, 0) is 67.0 Å². The van der Waals surface area contributed by atoms with Crippen LogP contribution in [0.5, 0.6) is 5.75 Å². The molecule has 1 saturated heterocycles. The summed E-state index contributed by atoms with van der Waals surface area (Å²) < 4.78 is 10.8. The number of rotatable bonds is 6. The number of hydrazone groups is 1. The van der Waals surface area contributed by atoms with E-state index in [2.05, 4.69) is 20.8 Å². The number of aromatic nitrogens is 1. The molecule has 1 atom stereocenters. The summed E-state index contributed by atoms with van der Waals surface area (Å²) in [5.41, 5.74) is 4.00. The van der Waals surface area contributed by atoms with E-state index in [9.17, 15) is 4.79 Å². The molecule has 0 aliphatic carbocycles. The smallest absolute Gasteiger partial charge is 0.345 e. The molecule has 0 amide bonds. The van der Waals surface area contributed by atoms with Crippen LogP contribution in [0.1, 0.15) is 28.8 Å². The molecule has 1 aromatic heterocycles. The van der Waals surface area contributed by atoms with Crippen LogP contribution < -0.4 is 15.5 Å². The fourth-order valence-corrected chi connectivity index (χ4v) is 2.62. The number of pyridine rings is 1. The summed E-state index contributed by atoms with van der Waals surface area (Å²) in [6.07, 6.45) is 7.06. The first kappa shape index (κ1) is 18.9. The Bertz CT molecular complexity index is 790. The zero-order chi connectivity index (χ0) is 18.9. The largest absolute Gasteiger partial charge is 0.423 e. The average molecular weight is 384 g/mol. The van der Waals surface area contributed by atoms with Crippen molar-refractivity contribution in [1.82, 2.24) is 15.7 Å². The van der Waals surface area contributed by atoms with Gasteiger partial charge in [-0.15, -0.1) is 0 Å². The van der Waals surface area contributed by atoms with Gasteiger partial charge in [0.25, 0.3) is 0 Å². The molecule has 1 aliphatic heterocycles. The summed E-state index contributed by atoms with van der Waals surface area (Å²) in [5.74, 6) is -0.00318. The summed E-state index contributed by atoms with van der Waals surface area (Å²) >= 11 is 5.16. The monoisotopic (exact) mass is 384 g/mol. The first-order valence-electron chi connectivity index (χ1n) is 8.61. The minimum absolute atomic E-state index is 0.218. The highest BCUT2D eigenvalue weighted by atomic mass is 32.1. The van der Waals surface area contributed by atoms with Crippen molar-refractivity contribution in [1.29, 1.82) is 0 Å². The molecule has 1 fully saturated rings. The number of ether oxygens (including phenoxy) is 2. The molecule has 2 aromatic rings. The van der Waals surface area contributed by atoms with Gasteiger partial charge in [-0.25, -0.2) is 4.79 Å². The Morgan fingerprint density at radius 3 is 2.93 bits per heavy atom. The summed E-state index contributed by atoms with van der Waals surface area (Å²) in [4.78, 5) is 15.9. The van der Waals surface area contributed by atoms with Gasteiger partial charge >= 0.3 is 5.97 Å². The molecular formula is C19H20N4O3S. The van der Waals surface area contributed by atoms with E-state index in [0.717, 1.165) is 25.0 Å². The van der Waals surface area contributed by atoms with Gasteiger partial charge in [-0.1, -0.05) is 0 Å². The SMILES string of the molecule is O=C(Oc1ccc(/C=N/NC(=S)NCC2CCCO2)cc1)c1cccnc1. The van der Waals surface area contributed by atoms with E-state index < -0.39 is 5.97 Å². The van der Waals surface area contributed by atoms with Crippen molar-refractivity contribution in [2.75, 3.05) is 13.2 Å². The Morgan fingerprint density at radius 1 is 1.37 bits per heavy atom. The third-order valence-corrected chi connectivity index (χ3v) is 4.12. The quantitative estimate of drug-likeness (QED) is 0.260. The molecule has 140 valence electrons. The maximum absolute atomic E-state index is 12.0. The van der Waals surface area contributed by atoms with Gasteiger partial charge < -0.3 is 14.8 Å². The van der Waals surface area contributed by atoms with Crippen LogP contribution in [0, 0.1) is 0 Å². The third-order valence-electron chi connectivity index (χ3n) is 3.88. The van der Waals surface area contributed by atoms with Crippen LogP contribution in [-0.4, -0.2) is 41.5 Å². The van der Waals surface area contributed by atoms with Crippen LogP contribution >= 0.6 is 12.2 Å². The van der Waals surface area contributed by atoms with Gasteiger partial charge in [0.1, 0.15) is 5.75 Å². The van der Waals surface area contributed by atoms with Gasteiger partial charge in [0, 0.05) is 25.5 Å². The van der Waals surface area contributed by atoms with E-state index in [0.29, 0.717) is 23.0 Å². The van der Waals surface area contributed by atoms with Crippen molar-refractivity contribution in [3.8, 4) is 5.75 Å². The summed E-state index contributed by atoms with van der Waals surface area (Å²) in [7, 11) is 0. The van der Waals surface area contributed by atoms with Gasteiger partial charge in [0.2, 0.25) is 0 Å². The van der Waals surface area contributed by atoms with E-state index >= 15 is 0 Å². The Balaban J connectivity index is 1.43. The molecule has 2 heterocycles. The molecule has 3 rings (SSSR count). The highest BCUT2D eigenvalue weighted by molar-refractivity contribution is 7.80. The van der Waals surface area contributed by atoms with Gasteiger partial charge in [-0.2, -0.15) is 5.10 Å². The number of hydrogen-bond donors (Lipinski definition) is 2. The zero-order valence-corrected chi connectivity index (χ0v) is 15.4. The Labute approximate surface area is 162 Å². The number of esters is 1. The number of thiocarbonyl (C=S) groups is 1. The van der Waals surface area contributed by atoms with Crippen LogP contribution in [-0.2, 0) is 4.74 Å². The van der Waals surface area contributed by atoms with Crippen molar-refractivity contribution in [2.24, 2.45) is 5.10 Å². The summed E-state index contributed by atoms with van der Waals surface area (Å²) in [6.45, 7) is 1.50. The predicted octanol–water partition coefficient (Wildman–Crippen LogP) is 2.28. The van der Waals surface area contributed by atoms with Crippen LogP contribution in [0.2, 0.25) is 0 Å². The summed E-state index contributed by atoms with van der Waals surface area (Å²) in [5, 5.41) is 7.61. The van der Waals surface area contributed by atoms with Crippen LogP contribution in [0.4, 0.5) is 0 Å². The van der Waals surface area contributed by atoms with Gasteiger partial charge in [0.05, 0.1) is 17.9 Å². The minimum Gasteiger partial charge on any atom is -0.423 e. The maximum atomic E-state index is 12.0. The Kier molecular flexibility index (Phi) is 6.84. The lowest BCUT2D eigenvalue weighted by atomic mass is 10.2. The van der Waals surface area contributed by atoms with Crippen LogP contribution in [0.3, 0.4) is 0 Å². The fourth-order valence-electron chi connectivity index (χ4n) is 2.49. The lowest BCUT2D eigenvalue weighted by Crippen LogP contribution is -2.37. The average Bonchev–Trinajstić information content (AvgIpc) is 3.22. The normalized spacial score (nSPS) is 16.2. The number of carbonyl (C=O) groups excluding carboxylic acids is 1. The first-order chi connectivity index (χ1) is 13.2. The van der Waals surface area contributed by atoms with Crippen molar-refractivity contribution in [3.63, 3.8) is 0 Å². The predicted molar refractivity (Wildman–Crippen MR) is 106 cm³/mol. The van der Waals surface area contributed by atoms with Crippen LogP contribution in [0.15, 0.2) is 53.9 Å². The molecular weight excluding hydrogens is 364 g/mol. The molecule has 0 saturated carbocycles. The summed E-state index contributed by atoms with van der Waals surface area (Å²) in [6, 6.07) is 10.3. The zero-order valence-electron chi connectivity index (χ0n) is 14.6. The van der Waals surface area contributed by atoms with Crippen molar-refractivity contribution < 1.29 is 14.3 Å². The lowest BCUT2D eigenvalue weighted by Gasteiger charge is -2.11. The minimum atomic E-state index is -0.450. The van der Waals surface area contributed by atoms with Gasteiger partial charge in [0.15, 0.2) is 5.11 Å². The molecule has 1 aliphatic rings. The Morgan fingerprint density at radius 2 is 2.22 bits per heavy atom. The number of nitrogens with one attached hydrogen (secondary N) is 2. The molecule has 27 heavy (non-hydrogen) atoms. The molecule has 1 aromatic carbocycles. The molecule has 7 nitrogen and oxygen atoms in total. The van der Waals surface area contributed by atoms with E-state index in [1.54, 1.807) is 48.8 Å². The number of benzene rings is 1. The fraction of sp³-hybridized carbons (Fsp3) is 0.263. The number of nitrogens with zero attached hydrogens (tertiary/aromatic N) is 2. The van der Waals surface area contributed by atoms with Crippen molar-refractivity contribution >= 4 is 29.5 Å². The molecule has 0 spiro atoms. The standard InChI is InChI=1S/C19H20N4O3S/c24-18(15-3-1-9-20-12-15)26-16-7-5-14(6-8-16)11-22-23-19(27)21-13-17-4-2-10-25-17/h1,3,5-9,11-12,17H,2,4,10,13H2,(H2,21,23,27)/b22-11+. The highest BCUT2D eigenvalue weighted by Gasteiger charge is 2.15. The highest BCUT2D eigenvalue weighted by Crippen LogP contribution is 2.13. The number of carbonyl (C=O) groups is 1. The van der Waals surface area contributed by atoms with E-state index in [-0.39, 0.29) is 6.10 Å². The molecule has 8 heteroatoms. The van der Waals surface area contributed by atoms with Crippen LogP contribution in [0.25, 0.3) is 0 Å². The second-order valence-electron chi connectivity index (χ2n) is 5.92. The topological polar surface area (TPSA) is 84.8 Å². The van der Waals surface area contributed by atoms with E-state index in [4.69, 9.17) is 21.7 Å². The van der Waals surface area contributed by atoms with E-state index in [1.165, 1.54) is 6.20 Å². The lowest BCUT2D eigenvalue weighted by molar-refractivity contribution is 0.0734. The second-order valence-corrected chi connectivity index (χ2v) is 6.32. The van der Waals surface area contributed by atoms with E-state index in [1.807, 2.05) is 0 Å². The Hall–Kier alpha value is -2.84.